The molecule has 1 aliphatic carbocycles. The van der Waals surface area contributed by atoms with Gasteiger partial charge in [-0.25, -0.2) is 0 Å². The fourth-order valence-corrected chi connectivity index (χ4v) is 4.56. The van der Waals surface area contributed by atoms with Crippen molar-refractivity contribution in [2.45, 2.75) is 25.0 Å². The summed E-state index contributed by atoms with van der Waals surface area (Å²) in [6, 6.07) is 8.58. The molecule has 2 aromatic heterocycles. The second-order valence-corrected chi connectivity index (χ2v) is 8.39. The lowest BCUT2D eigenvalue weighted by atomic mass is 10.1. The van der Waals surface area contributed by atoms with E-state index >= 15 is 0 Å². The van der Waals surface area contributed by atoms with E-state index in [9.17, 15) is 14.7 Å². The molecular weight excluding hydrogens is 406 g/mol. The molecule has 1 N–H and O–H groups in total. The SMILES string of the molecule is Cn1cc(-n2nc(-c3ccc(Cl)cc3)cc(C(=O)N3CC4CC3CC4O)c2=O)cn1. The number of rotatable bonds is 3. The van der Waals surface area contributed by atoms with E-state index < -0.39 is 5.56 Å². The lowest BCUT2D eigenvalue weighted by molar-refractivity contribution is 0.0514. The van der Waals surface area contributed by atoms with Gasteiger partial charge in [-0.1, -0.05) is 23.7 Å². The fourth-order valence-electron chi connectivity index (χ4n) is 4.43. The minimum Gasteiger partial charge on any atom is -0.393 e. The van der Waals surface area contributed by atoms with Gasteiger partial charge in [0.05, 0.1) is 24.2 Å². The number of aliphatic hydroxyl groups excluding tert-OH is 1. The number of nitrogens with zero attached hydrogens (tertiary/aromatic N) is 5. The van der Waals surface area contributed by atoms with E-state index in [-0.39, 0.29) is 29.5 Å². The van der Waals surface area contributed by atoms with Crippen LogP contribution >= 0.6 is 11.6 Å². The van der Waals surface area contributed by atoms with Gasteiger partial charge in [0.25, 0.3) is 11.5 Å². The van der Waals surface area contributed by atoms with Crippen LogP contribution in [0.3, 0.4) is 0 Å². The van der Waals surface area contributed by atoms with Crippen LogP contribution in [0, 0.1) is 5.92 Å². The van der Waals surface area contributed by atoms with Gasteiger partial charge in [-0.3, -0.25) is 14.3 Å². The Hall–Kier alpha value is -2.97. The van der Waals surface area contributed by atoms with E-state index in [1.54, 1.807) is 53.2 Å². The van der Waals surface area contributed by atoms with E-state index in [4.69, 9.17) is 11.6 Å². The van der Waals surface area contributed by atoms with Crippen LogP contribution in [-0.2, 0) is 7.05 Å². The van der Waals surface area contributed by atoms with E-state index in [0.717, 1.165) is 12.0 Å². The third-order valence-electron chi connectivity index (χ3n) is 5.98. The highest BCUT2D eigenvalue weighted by Crippen LogP contribution is 2.38. The summed E-state index contributed by atoms with van der Waals surface area (Å²) in [6.45, 7) is 0.468. The number of aromatic nitrogens is 4. The largest absolute Gasteiger partial charge is 0.393 e. The normalized spacial score (nSPS) is 22.6. The summed E-state index contributed by atoms with van der Waals surface area (Å²) in [5, 5.41) is 19.2. The van der Waals surface area contributed by atoms with Gasteiger partial charge in [0, 0.05) is 36.1 Å². The molecule has 1 aromatic carbocycles. The van der Waals surface area contributed by atoms with Crippen LogP contribution in [-0.4, -0.2) is 54.2 Å². The molecule has 154 valence electrons. The van der Waals surface area contributed by atoms with Crippen molar-refractivity contribution in [1.82, 2.24) is 24.5 Å². The van der Waals surface area contributed by atoms with Crippen LogP contribution in [0.5, 0.6) is 0 Å². The van der Waals surface area contributed by atoms with Crippen molar-refractivity contribution >= 4 is 17.5 Å². The molecule has 2 aliphatic rings. The number of carbonyl (C=O) groups excluding carboxylic acids is 1. The number of carbonyl (C=O) groups is 1. The first-order valence-corrected chi connectivity index (χ1v) is 10.2. The van der Waals surface area contributed by atoms with Crippen LogP contribution in [0.15, 0.2) is 47.5 Å². The van der Waals surface area contributed by atoms with Gasteiger partial charge in [-0.2, -0.15) is 14.9 Å². The Labute approximate surface area is 177 Å². The number of halogens is 1. The van der Waals surface area contributed by atoms with Gasteiger partial charge in [-0.05, 0) is 31.0 Å². The van der Waals surface area contributed by atoms with Gasteiger partial charge in [0.15, 0.2) is 0 Å². The quantitative estimate of drug-likeness (QED) is 0.691. The maximum absolute atomic E-state index is 13.4. The topological polar surface area (TPSA) is 93.3 Å². The van der Waals surface area contributed by atoms with Crippen LogP contribution in [0.4, 0.5) is 0 Å². The molecule has 3 aromatic rings. The van der Waals surface area contributed by atoms with Crippen molar-refractivity contribution in [3.63, 3.8) is 0 Å². The number of hydrogen-bond donors (Lipinski definition) is 1. The first-order valence-electron chi connectivity index (χ1n) is 9.79. The van der Waals surface area contributed by atoms with Crippen LogP contribution in [0.1, 0.15) is 23.2 Å². The standard InChI is InChI=1S/C21H20ClN5O3/c1-25-11-16(9-23-25)27-21(30)17(8-18(24-27)12-2-4-14(22)5-3-12)20(29)26-10-13-6-15(26)7-19(13)28/h2-5,8-9,11,13,15,19,28H,6-7,10H2,1H3. The molecule has 1 saturated heterocycles. The second kappa shape index (κ2) is 7.07. The van der Waals surface area contributed by atoms with E-state index in [1.807, 2.05) is 0 Å². The number of benzene rings is 1. The molecule has 1 saturated carbocycles. The Balaban J connectivity index is 1.62. The van der Waals surface area contributed by atoms with Crippen LogP contribution < -0.4 is 5.56 Å². The highest BCUT2D eigenvalue weighted by molar-refractivity contribution is 6.30. The number of likely N-dealkylation sites (tertiary alicyclic amines) is 1. The predicted molar refractivity (Wildman–Crippen MR) is 111 cm³/mol. The zero-order chi connectivity index (χ0) is 21.0. The van der Waals surface area contributed by atoms with Gasteiger partial charge < -0.3 is 10.0 Å². The van der Waals surface area contributed by atoms with Crippen molar-refractivity contribution < 1.29 is 9.90 Å². The number of piperidine rings is 1. The minimum atomic E-state index is -0.492. The molecule has 9 heteroatoms. The minimum absolute atomic E-state index is 0.0316. The summed E-state index contributed by atoms with van der Waals surface area (Å²) in [5.41, 5.74) is 1.27. The smallest absolute Gasteiger partial charge is 0.284 e. The van der Waals surface area contributed by atoms with E-state index in [2.05, 4.69) is 10.2 Å². The van der Waals surface area contributed by atoms with Crippen molar-refractivity contribution in [1.29, 1.82) is 0 Å². The summed E-state index contributed by atoms with van der Waals surface area (Å²) < 4.78 is 2.79. The van der Waals surface area contributed by atoms with Crippen molar-refractivity contribution in [3.8, 4) is 16.9 Å². The maximum Gasteiger partial charge on any atom is 0.284 e. The summed E-state index contributed by atoms with van der Waals surface area (Å²) in [7, 11) is 1.75. The zero-order valence-corrected chi connectivity index (χ0v) is 17.0. The lowest BCUT2D eigenvalue weighted by Crippen LogP contribution is -2.44. The molecule has 1 aliphatic heterocycles. The third kappa shape index (κ3) is 3.12. The van der Waals surface area contributed by atoms with Crippen molar-refractivity contribution in [2.24, 2.45) is 13.0 Å². The number of aliphatic hydroxyl groups is 1. The average Bonchev–Trinajstić information content (AvgIpc) is 3.44. The first-order chi connectivity index (χ1) is 14.4. The highest BCUT2D eigenvalue weighted by Gasteiger charge is 2.46. The Morgan fingerprint density at radius 3 is 2.60 bits per heavy atom. The highest BCUT2D eigenvalue weighted by atomic mass is 35.5. The lowest BCUT2D eigenvalue weighted by Gasteiger charge is -2.29. The predicted octanol–water partition coefficient (Wildman–Crippen LogP) is 1.88. The monoisotopic (exact) mass is 425 g/mol. The summed E-state index contributed by atoms with van der Waals surface area (Å²) in [5.74, 6) is -0.244. The van der Waals surface area contributed by atoms with Gasteiger partial charge in [0.1, 0.15) is 11.3 Å². The van der Waals surface area contributed by atoms with Gasteiger partial charge >= 0.3 is 0 Å². The van der Waals surface area contributed by atoms with Gasteiger partial charge in [-0.15, -0.1) is 0 Å². The molecule has 3 heterocycles. The van der Waals surface area contributed by atoms with Crippen LogP contribution in [0.2, 0.25) is 5.02 Å². The number of hydrogen-bond acceptors (Lipinski definition) is 5. The third-order valence-corrected chi connectivity index (χ3v) is 6.24. The zero-order valence-electron chi connectivity index (χ0n) is 16.3. The van der Waals surface area contributed by atoms with E-state index in [0.29, 0.717) is 29.4 Å². The molecule has 1 amide bonds. The summed E-state index contributed by atoms with van der Waals surface area (Å²) in [6.07, 6.45) is 4.17. The van der Waals surface area contributed by atoms with Crippen molar-refractivity contribution in [2.75, 3.05) is 6.54 Å². The van der Waals surface area contributed by atoms with Crippen molar-refractivity contribution in [3.05, 3.63) is 63.7 Å². The molecular formula is C21H20ClN5O3. The Morgan fingerprint density at radius 2 is 2.00 bits per heavy atom. The number of aryl methyl sites for hydroxylation is 1. The van der Waals surface area contributed by atoms with Gasteiger partial charge in [0.2, 0.25) is 0 Å². The molecule has 5 rings (SSSR count). The molecule has 0 radical (unpaired) electrons. The molecule has 3 atom stereocenters. The molecule has 0 spiro atoms. The molecule has 2 bridgehead atoms. The molecule has 30 heavy (non-hydrogen) atoms. The Bertz CT molecular complexity index is 1180. The first kappa shape index (κ1) is 19.0. The van der Waals surface area contributed by atoms with E-state index in [1.165, 1.54) is 10.9 Å². The average molecular weight is 426 g/mol. The summed E-state index contributed by atoms with van der Waals surface area (Å²) in [4.78, 5) is 28.3. The number of amides is 1. The molecule has 2 fully saturated rings. The molecule has 8 nitrogen and oxygen atoms in total. The Morgan fingerprint density at radius 1 is 1.23 bits per heavy atom. The second-order valence-electron chi connectivity index (χ2n) is 7.95. The van der Waals surface area contributed by atoms with Crippen LogP contribution in [0.25, 0.3) is 16.9 Å². The fraction of sp³-hybridized carbons (Fsp3) is 0.333. The Kier molecular flexibility index (Phi) is 4.48. The number of fused-ring (bicyclic) bond motifs is 2. The summed E-state index contributed by atoms with van der Waals surface area (Å²) >= 11 is 6.00. The maximum atomic E-state index is 13.4. The molecule has 3 unspecified atom stereocenters.